The second kappa shape index (κ2) is 10.6. The number of hydrogen-bond donors (Lipinski definition) is 4. The first-order valence-corrected chi connectivity index (χ1v) is 9.69. The number of nitrogens with one attached hydrogen (secondary N) is 2. The molecule has 2 rings (SSSR count). The highest BCUT2D eigenvalue weighted by molar-refractivity contribution is 5.90. The molecule has 30 heavy (non-hydrogen) atoms. The maximum Gasteiger partial charge on any atom is 0.243 e. The molecule has 1 heterocycles. The van der Waals surface area contributed by atoms with E-state index in [0.717, 1.165) is 12.1 Å². The van der Waals surface area contributed by atoms with Gasteiger partial charge in [0.15, 0.2) is 11.6 Å². The Balaban J connectivity index is 2.13. The largest absolute Gasteiger partial charge is 0.384 e. The Morgan fingerprint density at radius 2 is 1.80 bits per heavy atom. The molecule has 0 saturated carbocycles. The summed E-state index contributed by atoms with van der Waals surface area (Å²) in [7, 11) is 0. The fraction of sp³-hybridized carbons (Fsp3) is 0.381. The van der Waals surface area contributed by atoms with E-state index in [-0.39, 0.29) is 18.9 Å². The molecule has 7 nitrogen and oxygen atoms in total. The van der Waals surface area contributed by atoms with Crippen LogP contribution in [0, 0.1) is 17.6 Å². The third-order valence-corrected chi connectivity index (χ3v) is 4.93. The molecule has 2 amide bonds. The number of carbonyl (C=O) groups is 2. The third-order valence-electron chi connectivity index (χ3n) is 4.93. The predicted octanol–water partition coefficient (Wildman–Crippen LogP) is 1.66. The molecule has 0 aliphatic carbocycles. The minimum Gasteiger partial charge on any atom is -0.384 e. The van der Waals surface area contributed by atoms with Gasteiger partial charge in [-0.2, -0.15) is 0 Å². The predicted molar refractivity (Wildman–Crippen MR) is 110 cm³/mol. The van der Waals surface area contributed by atoms with Crippen LogP contribution in [0.4, 0.5) is 14.6 Å². The van der Waals surface area contributed by atoms with Gasteiger partial charge in [-0.3, -0.25) is 9.59 Å². The number of amides is 2. The molecule has 0 radical (unpaired) electrons. The first-order valence-electron chi connectivity index (χ1n) is 9.69. The summed E-state index contributed by atoms with van der Waals surface area (Å²) in [6.45, 7) is 3.90. The molecule has 3 atom stereocenters. The molecule has 9 heteroatoms. The van der Waals surface area contributed by atoms with Crippen LogP contribution in [0.15, 0.2) is 36.5 Å². The molecule has 0 saturated heterocycles. The van der Waals surface area contributed by atoms with Crippen molar-refractivity contribution in [3.8, 4) is 0 Å². The van der Waals surface area contributed by atoms with Crippen LogP contribution in [-0.4, -0.2) is 28.9 Å². The van der Waals surface area contributed by atoms with E-state index in [1.807, 2.05) is 13.8 Å². The van der Waals surface area contributed by atoms with Crippen LogP contribution in [0.5, 0.6) is 0 Å². The molecule has 0 spiro atoms. The third kappa shape index (κ3) is 6.48. The van der Waals surface area contributed by atoms with Crippen molar-refractivity contribution in [1.29, 1.82) is 0 Å². The van der Waals surface area contributed by atoms with Gasteiger partial charge in [-0.1, -0.05) is 32.4 Å². The lowest BCUT2D eigenvalue weighted by molar-refractivity contribution is -0.130. The van der Waals surface area contributed by atoms with Gasteiger partial charge in [-0.25, -0.2) is 13.8 Å². The Morgan fingerprint density at radius 3 is 2.40 bits per heavy atom. The number of nitrogens with zero attached hydrogens (tertiary/aromatic N) is 1. The average Bonchev–Trinajstić information content (AvgIpc) is 2.73. The smallest absolute Gasteiger partial charge is 0.243 e. The number of halogens is 2. The lowest BCUT2D eigenvalue weighted by atomic mass is 9.98. The van der Waals surface area contributed by atoms with E-state index >= 15 is 0 Å². The quantitative estimate of drug-likeness (QED) is 0.492. The molecule has 0 bridgehead atoms. The fourth-order valence-corrected chi connectivity index (χ4v) is 2.74. The summed E-state index contributed by atoms with van der Waals surface area (Å²) < 4.78 is 26.8. The monoisotopic (exact) mass is 419 g/mol. The highest BCUT2D eigenvalue weighted by atomic mass is 19.2. The van der Waals surface area contributed by atoms with Crippen LogP contribution in [0.25, 0.3) is 0 Å². The summed E-state index contributed by atoms with van der Waals surface area (Å²) in [4.78, 5) is 29.2. The molecule has 0 fully saturated rings. The SMILES string of the molecule is CCC(C)[C@@H](N)C(=O)N[C@@H](Cc1ccc(F)c(F)c1)C(=O)NCc1ccc(N)nc1. The summed E-state index contributed by atoms with van der Waals surface area (Å²) in [5, 5.41) is 5.34. The van der Waals surface area contributed by atoms with E-state index in [4.69, 9.17) is 11.5 Å². The second-order valence-corrected chi connectivity index (χ2v) is 7.23. The summed E-state index contributed by atoms with van der Waals surface area (Å²) in [5.41, 5.74) is 12.6. The molecule has 2 aromatic rings. The van der Waals surface area contributed by atoms with Crippen molar-refractivity contribution in [1.82, 2.24) is 15.6 Å². The van der Waals surface area contributed by atoms with E-state index in [1.165, 1.54) is 12.3 Å². The number of pyridine rings is 1. The maximum absolute atomic E-state index is 13.6. The minimum atomic E-state index is -1.03. The number of nitrogen functional groups attached to an aromatic ring is 1. The van der Waals surface area contributed by atoms with Crippen LogP contribution in [0.3, 0.4) is 0 Å². The lowest BCUT2D eigenvalue weighted by Gasteiger charge is -2.23. The molecule has 162 valence electrons. The van der Waals surface area contributed by atoms with E-state index < -0.39 is 35.5 Å². The number of anilines is 1. The zero-order valence-electron chi connectivity index (χ0n) is 17.0. The summed E-state index contributed by atoms with van der Waals surface area (Å²) in [5.74, 6) is -2.71. The number of benzene rings is 1. The topological polar surface area (TPSA) is 123 Å². The van der Waals surface area contributed by atoms with E-state index in [9.17, 15) is 18.4 Å². The van der Waals surface area contributed by atoms with Crippen molar-refractivity contribution in [3.05, 3.63) is 59.3 Å². The van der Waals surface area contributed by atoms with Gasteiger partial charge in [0.05, 0.1) is 6.04 Å². The Bertz CT molecular complexity index is 876. The number of nitrogens with two attached hydrogens (primary N) is 2. The Kier molecular flexibility index (Phi) is 8.23. The Labute approximate surface area is 174 Å². The van der Waals surface area contributed by atoms with Gasteiger partial charge in [-0.05, 0) is 35.2 Å². The Hall–Kier alpha value is -3.07. The average molecular weight is 419 g/mol. The maximum atomic E-state index is 13.6. The van der Waals surface area contributed by atoms with Crippen molar-refractivity contribution in [2.24, 2.45) is 11.7 Å². The van der Waals surface area contributed by atoms with Gasteiger partial charge >= 0.3 is 0 Å². The minimum absolute atomic E-state index is 0.0258. The van der Waals surface area contributed by atoms with Gasteiger partial charge < -0.3 is 22.1 Å². The van der Waals surface area contributed by atoms with Crippen LogP contribution in [0.1, 0.15) is 31.4 Å². The van der Waals surface area contributed by atoms with Crippen molar-refractivity contribution < 1.29 is 18.4 Å². The fourth-order valence-electron chi connectivity index (χ4n) is 2.74. The highest BCUT2D eigenvalue weighted by Crippen LogP contribution is 2.12. The first-order chi connectivity index (χ1) is 14.2. The van der Waals surface area contributed by atoms with Crippen LogP contribution >= 0.6 is 0 Å². The van der Waals surface area contributed by atoms with E-state index in [2.05, 4.69) is 15.6 Å². The molecular formula is C21H27F2N5O2. The van der Waals surface area contributed by atoms with Crippen molar-refractivity contribution in [2.75, 3.05) is 5.73 Å². The zero-order valence-corrected chi connectivity index (χ0v) is 17.0. The Morgan fingerprint density at radius 1 is 1.10 bits per heavy atom. The zero-order chi connectivity index (χ0) is 22.3. The van der Waals surface area contributed by atoms with Crippen LogP contribution in [-0.2, 0) is 22.6 Å². The first kappa shape index (κ1) is 23.2. The van der Waals surface area contributed by atoms with Crippen molar-refractivity contribution in [3.63, 3.8) is 0 Å². The lowest BCUT2D eigenvalue weighted by Crippen LogP contribution is -2.53. The standard InChI is InChI=1S/C21H27F2N5O2/c1-3-12(2)19(25)21(30)28-17(9-13-4-6-15(22)16(23)8-13)20(29)27-11-14-5-7-18(24)26-10-14/h4-8,10,12,17,19H,3,9,11,25H2,1-2H3,(H2,24,26)(H,27,29)(H,28,30)/t12?,17-,19+/m0/s1. The van der Waals surface area contributed by atoms with Crippen molar-refractivity contribution in [2.45, 2.75) is 45.3 Å². The van der Waals surface area contributed by atoms with Gasteiger partial charge in [0.1, 0.15) is 11.9 Å². The van der Waals surface area contributed by atoms with Gasteiger partial charge in [0.25, 0.3) is 0 Å². The molecular weight excluding hydrogens is 392 g/mol. The van der Waals surface area contributed by atoms with E-state index in [1.54, 1.807) is 12.1 Å². The molecule has 6 N–H and O–H groups in total. The molecule has 1 unspecified atom stereocenters. The number of aromatic nitrogens is 1. The highest BCUT2D eigenvalue weighted by Gasteiger charge is 2.26. The van der Waals surface area contributed by atoms with Crippen LogP contribution in [0.2, 0.25) is 0 Å². The number of hydrogen-bond acceptors (Lipinski definition) is 5. The van der Waals surface area contributed by atoms with Gasteiger partial charge in [-0.15, -0.1) is 0 Å². The molecule has 0 aliphatic heterocycles. The summed E-state index contributed by atoms with van der Waals surface area (Å²) in [6, 6.07) is 4.85. The summed E-state index contributed by atoms with van der Waals surface area (Å²) in [6.07, 6.45) is 2.19. The molecule has 1 aromatic carbocycles. The number of rotatable bonds is 9. The number of carbonyl (C=O) groups excluding carboxylic acids is 2. The van der Waals surface area contributed by atoms with Crippen molar-refractivity contribution >= 4 is 17.6 Å². The summed E-state index contributed by atoms with van der Waals surface area (Å²) >= 11 is 0. The van der Waals surface area contributed by atoms with Gasteiger partial charge in [0, 0.05) is 19.2 Å². The second-order valence-electron chi connectivity index (χ2n) is 7.23. The molecule has 1 aromatic heterocycles. The van der Waals surface area contributed by atoms with Crippen LogP contribution < -0.4 is 22.1 Å². The van der Waals surface area contributed by atoms with E-state index in [0.29, 0.717) is 23.4 Å². The normalized spacial score (nSPS) is 13.9. The van der Waals surface area contributed by atoms with Gasteiger partial charge in [0.2, 0.25) is 11.8 Å². The molecule has 0 aliphatic rings.